The number of thioether (sulfide) groups is 1. The number of nitrogens with zero attached hydrogens (tertiary/aromatic N) is 2. The standard InChI is InChI=1S/C23H19N3O6S/c1-13-4-7-16(18(10-13)26(28)29)19-9-6-15(32-19)12-21-22(27)25-23(33-21)24-17-8-5-14(30-2)11-20(17)31-3/h4-12H,1-3H3,(H,24,25,27)/b21-12+. The second-order valence-electron chi connectivity index (χ2n) is 7.00. The summed E-state index contributed by atoms with van der Waals surface area (Å²) in [7, 11) is 3.08. The van der Waals surface area contributed by atoms with Gasteiger partial charge in [-0.3, -0.25) is 14.9 Å². The molecule has 2 aromatic carbocycles. The second-order valence-corrected chi connectivity index (χ2v) is 8.03. The van der Waals surface area contributed by atoms with Crippen molar-refractivity contribution in [2.75, 3.05) is 14.2 Å². The molecule has 33 heavy (non-hydrogen) atoms. The van der Waals surface area contributed by atoms with Gasteiger partial charge >= 0.3 is 0 Å². The number of nitro benzene ring substituents is 1. The van der Waals surface area contributed by atoms with Crippen molar-refractivity contribution in [3.8, 4) is 22.8 Å². The second kappa shape index (κ2) is 9.21. The summed E-state index contributed by atoms with van der Waals surface area (Å²) in [6, 6.07) is 13.4. The molecule has 0 unspecified atom stereocenters. The van der Waals surface area contributed by atoms with Crippen molar-refractivity contribution in [1.82, 2.24) is 5.32 Å². The van der Waals surface area contributed by atoms with Crippen molar-refractivity contribution in [2.45, 2.75) is 6.92 Å². The SMILES string of the molecule is COc1ccc(N=C2NC(=O)/C(=C\c3ccc(-c4ccc(C)cc4[N+](=O)[O-])o3)S2)c(OC)c1. The molecule has 0 atom stereocenters. The maximum absolute atomic E-state index is 12.4. The zero-order valence-corrected chi connectivity index (χ0v) is 18.8. The largest absolute Gasteiger partial charge is 0.497 e. The Kier molecular flexibility index (Phi) is 6.18. The summed E-state index contributed by atoms with van der Waals surface area (Å²) in [4.78, 5) is 28.2. The highest BCUT2D eigenvalue weighted by Gasteiger charge is 2.25. The lowest BCUT2D eigenvalue weighted by Crippen LogP contribution is -2.19. The van der Waals surface area contributed by atoms with Gasteiger partial charge in [0, 0.05) is 18.2 Å². The number of nitro groups is 1. The number of aryl methyl sites for hydroxylation is 1. The average Bonchev–Trinajstić information content (AvgIpc) is 3.40. The highest BCUT2D eigenvalue weighted by molar-refractivity contribution is 8.18. The number of carbonyl (C=O) groups excluding carboxylic acids is 1. The van der Waals surface area contributed by atoms with Gasteiger partial charge in [0.1, 0.15) is 28.7 Å². The summed E-state index contributed by atoms with van der Waals surface area (Å²) in [6.07, 6.45) is 1.57. The number of hydrogen-bond donors (Lipinski definition) is 1. The van der Waals surface area contributed by atoms with Gasteiger partial charge in [0.15, 0.2) is 5.17 Å². The van der Waals surface area contributed by atoms with E-state index in [2.05, 4.69) is 10.3 Å². The fourth-order valence-electron chi connectivity index (χ4n) is 3.17. The summed E-state index contributed by atoms with van der Waals surface area (Å²) in [5.41, 5.74) is 1.64. The highest BCUT2D eigenvalue weighted by atomic mass is 32.2. The van der Waals surface area contributed by atoms with E-state index in [4.69, 9.17) is 13.9 Å². The maximum Gasteiger partial charge on any atom is 0.280 e. The molecule has 1 aromatic heterocycles. The first-order chi connectivity index (χ1) is 15.9. The van der Waals surface area contributed by atoms with Crippen molar-refractivity contribution in [3.63, 3.8) is 0 Å². The Morgan fingerprint density at radius 1 is 1.12 bits per heavy atom. The third kappa shape index (κ3) is 4.75. The molecule has 10 heteroatoms. The highest BCUT2D eigenvalue weighted by Crippen LogP contribution is 2.36. The Balaban J connectivity index is 1.59. The Morgan fingerprint density at radius 2 is 1.94 bits per heavy atom. The first-order valence-corrected chi connectivity index (χ1v) is 10.6. The summed E-state index contributed by atoms with van der Waals surface area (Å²) in [5.74, 6) is 1.53. The van der Waals surface area contributed by atoms with E-state index in [-0.39, 0.29) is 11.6 Å². The molecule has 0 bridgehead atoms. The van der Waals surface area contributed by atoms with Crippen LogP contribution in [-0.2, 0) is 4.79 Å². The molecule has 1 fully saturated rings. The van der Waals surface area contributed by atoms with E-state index in [1.54, 1.807) is 62.6 Å². The third-order valence-electron chi connectivity index (χ3n) is 4.78. The van der Waals surface area contributed by atoms with Gasteiger partial charge in [-0.15, -0.1) is 0 Å². The van der Waals surface area contributed by atoms with Crippen molar-refractivity contribution in [2.24, 2.45) is 4.99 Å². The maximum atomic E-state index is 12.4. The Morgan fingerprint density at radius 3 is 2.67 bits per heavy atom. The molecule has 0 radical (unpaired) electrons. The number of furan rings is 1. The molecule has 1 saturated heterocycles. The smallest absolute Gasteiger partial charge is 0.280 e. The summed E-state index contributed by atoms with van der Waals surface area (Å²) < 4.78 is 16.3. The molecule has 4 rings (SSSR count). The van der Waals surface area contributed by atoms with Gasteiger partial charge in [-0.25, -0.2) is 4.99 Å². The number of ether oxygens (including phenoxy) is 2. The Hall–Kier alpha value is -4.05. The molecular formula is C23H19N3O6S. The van der Waals surface area contributed by atoms with Gasteiger partial charge in [0.2, 0.25) is 0 Å². The number of benzene rings is 2. The van der Waals surface area contributed by atoms with E-state index in [0.29, 0.717) is 44.3 Å². The molecule has 1 aliphatic heterocycles. The van der Waals surface area contributed by atoms with Crippen molar-refractivity contribution in [1.29, 1.82) is 0 Å². The quantitative estimate of drug-likeness (QED) is 0.307. The van der Waals surface area contributed by atoms with Gasteiger partial charge < -0.3 is 19.2 Å². The molecular weight excluding hydrogens is 446 g/mol. The number of methoxy groups -OCH3 is 2. The van der Waals surface area contributed by atoms with E-state index in [0.717, 1.165) is 17.3 Å². The molecule has 3 aromatic rings. The topological polar surface area (TPSA) is 116 Å². The predicted octanol–water partition coefficient (Wildman–Crippen LogP) is 5.07. The molecule has 9 nitrogen and oxygen atoms in total. The minimum Gasteiger partial charge on any atom is -0.497 e. The van der Waals surface area contributed by atoms with Gasteiger partial charge in [0.25, 0.3) is 11.6 Å². The Labute approximate surface area is 193 Å². The summed E-state index contributed by atoms with van der Waals surface area (Å²) >= 11 is 1.15. The van der Waals surface area contributed by atoms with Crippen LogP contribution in [0.15, 0.2) is 62.8 Å². The van der Waals surface area contributed by atoms with Crippen LogP contribution in [0.5, 0.6) is 11.5 Å². The summed E-state index contributed by atoms with van der Waals surface area (Å²) in [6.45, 7) is 1.78. The van der Waals surface area contributed by atoms with Crippen LogP contribution in [0, 0.1) is 17.0 Å². The van der Waals surface area contributed by atoms with E-state index in [9.17, 15) is 14.9 Å². The minimum atomic E-state index is -0.445. The molecule has 0 saturated carbocycles. The average molecular weight is 465 g/mol. The minimum absolute atomic E-state index is 0.0422. The van der Waals surface area contributed by atoms with Crippen LogP contribution in [0.4, 0.5) is 11.4 Å². The molecule has 1 aliphatic rings. The lowest BCUT2D eigenvalue weighted by molar-refractivity contribution is -0.384. The molecule has 1 amide bonds. The normalized spacial score (nSPS) is 15.7. The number of hydrogen-bond acceptors (Lipinski definition) is 8. The number of carbonyl (C=O) groups is 1. The number of nitrogens with one attached hydrogen (secondary N) is 1. The van der Waals surface area contributed by atoms with E-state index in [1.165, 1.54) is 13.2 Å². The van der Waals surface area contributed by atoms with Gasteiger partial charge in [-0.2, -0.15) is 0 Å². The first kappa shape index (κ1) is 22.2. The van der Waals surface area contributed by atoms with Crippen LogP contribution in [-0.4, -0.2) is 30.2 Å². The van der Waals surface area contributed by atoms with E-state index < -0.39 is 4.92 Å². The van der Waals surface area contributed by atoms with Crippen LogP contribution < -0.4 is 14.8 Å². The predicted molar refractivity (Wildman–Crippen MR) is 126 cm³/mol. The fourth-order valence-corrected chi connectivity index (χ4v) is 3.99. The van der Waals surface area contributed by atoms with Crippen LogP contribution in [0.25, 0.3) is 17.4 Å². The van der Waals surface area contributed by atoms with Gasteiger partial charge in [-0.1, -0.05) is 6.07 Å². The molecule has 2 heterocycles. The third-order valence-corrected chi connectivity index (χ3v) is 5.69. The van der Waals surface area contributed by atoms with E-state index >= 15 is 0 Å². The number of rotatable bonds is 6. The number of amidine groups is 1. The molecule has 0 aliphatic carbocycles. The molecule has 0 spiro atoms. The lowest BCUT2D eigenvalue weighted by atomic mass is 10.1. The zero-order chi connectivity index (χ0) is 23.5. The van der Waals surface area contributed by atoms with Crippen LogP contribution in [0.2, 0.25) is 0 Å². The van der Waals surface area contributed by atoms with Gasteiger partial charge in [-0.05, 0) is 54.6 Å². The van der Waals surface area contributed by atoms with Crippen LogP contribution >= 0.6 is 11.8 Å². The fraction of sp³-hybridized carbons (Fsp3) is 0.130. The van der Waals surface area contributed by atoms with E-state index in [1.807, 2.05) is 0 Å². The monoisotopic (exact) mass is 465 g/mol. The number of amides is 1. The molecule has 168 valence electrons. The zero-order valence-electron chi connectivity index (χ0n) is 17.9. The molecule has 1 N–H and O–H groups in total. The van der Waals surface area contributed by atoms with Gasteiger partial charge in [0.05, 0.1) is 29.6 Å². The lowest BCUT2D eigenvalue weighted by Gasteiger charge is -2.07. The van der Waals surface area contributed by atoms with Crippen LogP contribution in [0.1, 0.15) is 11.3 Å². The number of aliphatic imine (C=N–C) groups is 1. The summed E-state index contributed by atoms with van der Waals surface area (Å²) in [5, 5.41) is 14.5. The Bertz CT molecular complexity index is 1310. The van der Waals surface area contributed by atoms with Crippen molar-refractivity contribution < 1.29 is 23.6 Å². The van der Waals surface area contributed by atoms with Crippen molar-refractivity contribution >= 4 is 40.3 Å². The first-order valence-electron chi connectivity index (χ1n) is 9.75. The van der Waals surface area contributed by atoms with Crippen molar-refractivity contribution in [3.05, 3.63) is 74.9 Å². The van der Waals surface area contributed by atoms with Crippen LogP contribution in [0.3, 0.4) is 0 Å².